The fourth-order valence-corrected chi connectivity index (χ4v) is 1.68. The lowest BCUT2D eigenvalue weighted by Gasteiger charge is -2.05. The molecule has 4 heteroatoms. The summed E-state index contributed by atoms with van der Waals surface area (Å²) in [6, 6.07) is 6.05. The number of nitrogens with zero attached hydrogens (tertiary/aromatic N) is 1. The van der Waals surface area contributed by atoms with Crippen LogP contribution in [-0.4, -0.2) is 12.1 Å². The van der Waals surface area contributed by atoms with E-state index in [-0.39, 0.29) is 5.82 Å². The fraction of sp³-hybridized carbons (Fsp3) is 0.0833. The highest BCUT2D eigenvalue weighted by Gasteiger charge is 2.06. The molecular formula is C12H9ClFNO. The minimum absolute atomic E-state index is 0.357. The smallest absolute Gasteiger partial charge is 0.137 e. The molecule has 1 aromatic carbocycles. The van der Waals surface area contributed by atoms with Gasteiger partial charge >= 0.3 is 0 Å². The van der Waals surface area contributed by atoms with E-state index in [1.54, 1.807) is 31.6 Å². The van der Waals surface area contributed by atoms with Crippen molar-refractivity contribution in [2.45, 2.75) is 0 Å². The Bertz CT molecular complexity index is 516. The van der Waals surface area contributed by atoms with Crippen LogP contribution < -0.4 is 4.74 Å². The van der Waals surface area contributed by atoms with Crippen LogP contribution in [0.3, 0.4) is 0 Å². The highest BCUT2D eigenvalue weighted by molar-refractivity contribution is 6.33. The van der Waals surface area contributed by atoms with Gasteiger partial charge in [0.05, 0.1) is 18.3 Å². The van der Waals surface area contributed by atoms with Crippen molar-refractivity contribution in [1.29, 1.82) is 0 Å². The predicted octanol–water partition coefficient (Wildman–Crippen LogP) is 3.55. The number of ether oxygens (including phenoxy) is 1. The van der Waals surface area contributed by atoms with Crippen LogP contribution in [-0.2, 0) is 0 Å². The summed E-state index contributed by atoms with van der Waals surface area (Å²) in [7, 11) is 1.56. The van der Waals surface area contributed by atoms with Crippen LogP contribution in [0.25, 0.3) is 11.1 Å². The molecule has 16 heavy (non-hydrogen) atoms. The number of rotatable bonds is 2. The highest BCUT2D eigenvalue weighted by atomic mass is 35.5. The van der Waals surface area contributed by atoms with Crippen LogP contribution in [0.2, 0.25) is 5.02 Å². The van der Waals surface area contributed by atoms with Crippen LogP contribution in [0.4, 0.5) is 4.39 Å². The summed E-state index contributed by atoms with van der Waals surface area (Å²) in [5.74, 6) is 0.280. The first-order valence-electron chi connectivity index (χ1n) is 4.65. The normalized spacial score (nSPS) is 10.2. The van der Waals surface area contributed by atoms with Gasteiger partial charge in [-0.1, -0.05) is 11.6 Å². The topological polar surface area (TPSA) is 22.1 Å². The second-order valence-electron chi connectivity index (χ2n) is 3.24. The summed E-state index contributed by atoms with van der Waals surface area (Å²) in [5.41, 5.74) is 1.53. The van der Waals surface area contributed by atoms with E-state index in [1.807, 2.05) is 0 Å². The van der Waals surface area contributed by atoms with Gasteiger partial charge in [-0.15, -0.1) is 0 Å². The van der Waals surface area contributed by atoms with Gasteiger partial charge in [-0.05, 0) is 24.3 Å². The average Bonchev–Trinajstić information content (AvgIpc) is 2.29. The van der Waals surface area contributed by atoms with Gasteiger partial charge in [0.15, 0.2) is 0 Å². The van der Waals surface area contributed by atoms with Gasteiger partial charge in [-0.25, -0.2) is 4.39 Å². The Labute approximate surface area is 97.7 Å². The Morgan fingerprint density at radius 3 is 2.75 bits per heavy atom. The fourth-order valence-electron chi connectivity index (χ4n) is 1.40. The van der Waals surface area contributed by atoms with Gasteiger partial charge in [0.25, 0.3) is 0 Å². The predicted molar refractivity (Wildman–Crippen MR) is 61.2 cm³/mol. The van der Waals surface area contributed by atoms with Crippen molar-refractivity contribution >= 4 is 11.6 Å². The number of benzene rings is 1. The lowest BCUT2D eigenvalue weighted by molar-refractivity contribution is 0.413. The molecule has 2 aromatic rings. The van der Waals surface area contributed by atoms with Gasteiger partial charge in [-0.2, -0.15) is 0 Å². The zero-order valence-electron chi connectivity index (χ0n) is 8.58. The summed E-state index contributed by atoms with van der Waals surface area (Å²) >= 11 is 5.95. The Balaban J connectivity index is 2.49. The molecule has 82 valence electrons. The lowest BCUT2D eigenvalue weighted by atomic mass is 10.1. The molecule has 0 amide bonds. The van der Waals surface area contributed by atoms with Gasteiger partial charge < -0.3 is 4.74 Å². The molecule has 0 unspecified atom stereocenters. The molecular weight excluding hydrogens is 229 g/mol. The maximum atomic E-state index is 12.9. The number of hydrogen-bond donors (Lipinski definition) is 0. The maximum Gasteiger partial charge on any atom is 0.137 e. The number of aromatic nitrogens is 1. The second-order valence-corrected chi connectivity index (χ2v) is 3.64. The molecule has 1 aromatic heterocycles. The summed E-state index contributed by atoms with van der Waals surface area (Å²) < 4.78 is 17.9. The van der Waals surface area contributed by atoms with Crippen molar-refractivity contribution in [2.75, 3.05) is 7.11 Å². The number of pyridine rings is 1. The van der Waals surface area contributed by atoms with E-state index in [0.29, 0.717) is 10.8 Å². The molecule has 1 heterocycles. The highest BCUT2D eigenvalue weighted by Crippen LogP contribution is 2.29. The minimum Gasteiger partial charge on any atom is -0.495 e. The number of methoxy groups -OCH3 is 1. The van der Waals surface area contributed by atoms with Crippen molar-refractivity contribution < 1.29 is 9.13 Å². The molecule has 0 N–H and O–H groups in total. The van der Waals surface area contributed by atoms with Crippen molar-refractivity contribution in [3.63, 3.8) is 0 Å². The molecule has 2 nitrogen and oxygen atoms in total. The van der Waals surface area contributed by atoms with Crippen molar-refractivity contribution in [1.82, 2.24) is 4.98 Å². The Morgan fingerprint density at radius 1 is 1.25 bits per heavy atom. The average molecular weight is 238 g/mol. The zero-order valence-corrected chi connectivity index (χ0v) is 9.33. The number of halogens is 2. The van der Waals surface area contributed by atoms with E-state index in [2.05, 4.69) is 4.98 Å². The van der Waals surface area contributed by atoms with E-state index < -0.39 is 0 Å². The maximum absolute atomic E-state index is 12.9. The lowest BCUT2D eigenvalue weighted by Crippen LogP contribution is -1.87. The summed E-state index contributed by atoms with van der Waals surface area (Å²) in [6.45, 7) is 0. The Kier molecular flexibility index (Phi) is 3.06. The standard InChI is InChI=1S/C12H9ClFNO/c1-16-10-4-8(6-15-7-10)11-3-2-9(14)5-12(11)13/h2-7H,1H3. The van der Waals surface area contributed by atoms with Crippen molar-refractivity contribution in [3.05, 3.63) is 47.5 Å². The van der Waals surface area contributed by atoms with Gasteiger partial charge in [0, 0.05) is 17.3 Å². The van der Waals surface area contributed by atoms with Crippen LogP contribution in [0.15, 0.2) is 36.7 Å². The van der Waals surface area contributed by atoms with E-state index >= 15 is 0 Å². The summed E-state index contributed by atoms with van der Waals surface area (Å²) in [5, 5.41) is 0.357. The second kappa shape index (κ2) is 4.49. The van der Waals surface area contributed by atoms with E-state index in [1.165, 1.54) is 12.1 Å². The Hall–Kier alpha value is -1.61. The molecule has 0 spiro atoms. The summed E-state index contributed by atoms with van der Waals surface area (Å²) in [4.78, 5) is 4.02. The largest absolute Gasteiger partial charge is 0.495 e. The van der Waals surface area contributed by atoms with Crippen LogP contribution >= 0.6 is 11.6 Å². The zero-order chi connectivity index (χ0) is 11.5. The number of hydrogen-bond acceptors (Lipinski definition) is 2. The molecule has 0 fully saturated rings. The molecule has 0 radical (unpaired) electrons. The van der Waals surface area contributed by atoms with Gasteiger partial charge in [0.2, 0.25) is 0 Å². The minimum atomic E-state index is -0.357. The Morgan fingerprint density at radius 2 is 2.06 bits per heavy atom. The summed E-state index contributed by atoms with van der Waals surface area (Å²) in [6.07, 6.45) is 3.25. The SMILES string of the molecule is COc1cncc(-c2ccc(F)cc2Cl)c1. The van der Waals surface area contributed by atoms with Gasteiger partial charge in [-0.3, -0.25) is 4.98 Å². The van der Waals surface area contributed by atoms with E-state index in [0.717, 1.165) is 11.1 Å². The monoisotopic (exact) mass is 237 g/mol. The molecule has 0 saturated heterocycles. The third-order valence-electron chi connectivity index (χ3n) is 2.19. The first kappa shape index (κ1) is 10.9. The first-order valence-corrected chi connectivity index (χ1v) is 5.03. The molecule has 0 aliphatic rings. The van der Waals surface area contributed by atoms with Crippen LogP contribution in [0.1, 0.15) is 0 Å². The molecule has 0 atom stereocenters. The van der Waals surface area contributed by atoms with Crippen LogP contribution in [0.5, 0.6) is 5.75 Å². The van der Waals surface area contributed by atoms with Crippen molar-refractivity contribution in [2.24, 2.45) is 0 Å². The third-order valence-corrected chi connectivity index (χ3v) is 2.50. The first-order chi connectivity index (χ1) is 7.70. The quantitative estimate of drug-likeness (QED) is 0.797. The van der Waals surface area contributed by atoms with Crippen molar-refractivity contribution in [3.8, 4) is 16.9 Å². The molecule has 0 saturated carbocycles. The van der Waals surface area contributed by atoms with Gasteiger partial charge in [0.1, 0.15) is 11.6 Å². The molecule has 0 bridgehead atoms. The van der Waals surface area contributed by atoms with E-state index in [9.17, 15) is 4.39 Å². The van der Waals surface area contributed by atoms with E-state index in [4.69, 9.17) is 16.3 Å². The van der Waals surface area contributed by atoms with Crippen LogP contribution in [0, 0.1) is 5.82 Å². The molecule has 2 rings (SSSR count). The molecule has 0 aliphatic heterocycles. The molecule has 0 aliphatic carbocycles. The third kappa shape index (κ3) is 2.14.